The lowest BCUT2D eigenvalue weighted by Gasteiger charge is -2.39. The first kappa shape index (κ1) is 56.3. The summed E-state index contributed by atoms with van der Waals surface area (Å²) in [5, 5.41) is 7.53. The Balaban J connectivity index is 1.47. The summed E-state index contributed by atoms with van der Waals surface area (Å²) in [5.41, 5.74) is 1.72. The molecule has 1 saturated heterocycles. The lowest BCUT2D eigenvalue weighted by molar-refractivity contribution is -0.0717. The van der Waals surface area contributed by atoms with E-state index in [4.69, 9.17) is 54.6 Å². The first-order valence-electron chi connectivity index (χ1n) is 25.2. The number of hydrogen-bond donors (Lipinski definition) is 2. The predicted molar refractivity (Wildman–Crippen MR) is 281 cm³/mol. The van der Waals surface area contributed by atoms with Crippen molar-refractivity contribution in [1.29, 1.82) is 0 Å². The van der Waals surface area contributed by atoms with Crippen LogP contribution in [-0.4, -0.2) is 95.0 Å². The number of nitrogens with one attached hydrogen (secondary N) is 2. The second-order valence-electron chi connectivity index (χ2n) is 18.3. The molecule has 67 heavy (non-hydrogen) atoms. The van der Waals surface area contributed by atoms with Crippen LogP contribution in [0.3, 0.4) is 0 Å². The zero-order valence-electron chi connectivity index (χ0n) is 41.9. The maximum atomic E-state index is 7.46. The minimum atomic E-state index is -1.60. The van der Waals surface area contributed by atoms with E-state index in [0.717, 1.165) is 54.0 Å². The van der Waals surface area contributed by atoms with Crippen molar-refractivity contribution in [3.05, 3.63) is 107 Å². The second kappa shape index (κ2) is 31.8. The van der Waals surface area contributed by atoms with Gasteiger partial charge in [0.25, 0.3) is 8.53 Å². The van der Waals surface area contributed by atoms with Gasteiger partial charge in [0, 0.05) is 37.1 Å². The van der Waals surface area contributed by atoms with Gasteiger partial charge in [0.2, 0.25) is 6.54 Å². The van der Waals surface area contributed by atoms with Crippen molar-refractivity contribution < 1.29 is 28.0 Å². The first-order chi connectivity index (χ1) is 32.6. The van der Waals surface area contributed by atoms with Gasteiger partial charge in [-0.15, -0.1) is 0 Å². The summed E-state index contributed by atoms with van der Waals surface area (Å²) in [4.78, 5) is 3.57. The van der Waals surface area contributed by atoms with Gasteiger partial charge in [-0.25, -0.2) is 11.2 Å². The fourth-order valence-corrected chi connectivity index (χ4v) is 11.1. The lowest BCUT2D eigenvalue weighted by atomic mass is 9.79. The normalized spacial score (nSPS) is 17.7. The number of unbranched alkanes of at least 4 members (excludes halogenated alkanes) is 12. The molecule has 2 N–H and O–H groups in total. The Morgan fingerprint density at radius 1 is 0.746 bits per heavy atom. The molecule has 13 heteroatoms. The Hall–Kier alpha value is -3.27. The standard InChI is InChI=1S/C54H82BN4O6PS/c1-9-10-11-12-13-14-15-16-17-18-19-20-24-37-57-53(67)58-38-25-28-49-51(65-66(63-40-39-56-6)59(42(2)3)43(4)5)50(64-52(49)55)41-62-54(44-26-22-21-23-27-44,45-29-33-47(60-7)34-30-45)46-31-35-48(61-8)36-32-46/h21-23,26-27,29-36,42-43,49-52H,9-20,24-25,28,37-41H2,1-5,7-8H3,(H2,57,58,67)/t49-,50+,51?,52+,66?/m0/s1. The molecule has 3 aromatic rings. The molecule has 5 atom stereocenters. The highest BCUT2D eigenvalue weighted by Gasteiger charge is 2.47. The van der Waals surface area contributed by atoms with Crippen molar-refractivity contribution in [2.45, 2.75) is 167 Å². The summed E-state index contributed by atoms with van der Waals surface area (Å²) in [6, 6.07) is 25.9. The molecule has 1 heterocycles. The molecule has 0 aliphatic carbocycles. The Morgan fingerprint density at radius 3 is 1.73 bits per heavy atom. The van der Waals surface area contributed by atoms with E-state index in [-0.39, 0.29) is 37.8 Å². The summed E-state index contributed by atoms with van der Waals surface area (Å²) in [7, 11) is 8.70. The molecule has 0 amide bonds. The van der Waals surface area contributed by atoms with E-state index in [2.05, 4.69) is 66.9 Å². The van der Waals surface area contributed by atoms with Crippen molar-refractivity contribution in [1.82, 2.24) is 15.3 Å². The van der Waals surface area contributed by atoms with Crippen LogP contribution in [0.4, 0.5) is 0 Å². The van der Waals surface area contributed by atoms with Crippen LogP contribution in [0.2, 0.25) is 0 Å². The average molecular weight is 957 g/mol. The van der Waals surface area contributed by atoms with Crippen molar-refractivity contribution in [2.24, 2.45) is 5.92 Å². The van der Waals surface area contributed by atoms with Gasteiger partial charge in [-0.05, 0) is 100 Å². The van der Waals surface area contributed by atoms with E-state index in [0.29, 0.717) is 11.7 Å². The number of rotatable bonds is 34. The summed E-state index contributed by atoms with van der Waals surface area (Å²) in [6.07, 6.45) is 17.9. The highest BCUT2D eigenvalue weighted by molar-refractivity contribution is 7.80. The Kier molecular flexibility index (Phi) is 26.7. The minimum absolute atomic E-state index is 0.122. The minimum Gasteiger partial charge on any atom is -0.497 e. The second-order valence-corrected chi connectivity index (χ2v) is 20.1. The third-order valence-corrected chi connectivity index (χ3v) is 15.0. The van der Waals surface area contributed by atoms with Crippen LogP contribution >= 0.6 is 20.7 Å². The van der Waals surface area contributed by atoms with E-state index in [1.807, 2.05) is 66.7 Å². The topological polar surface area (TPSA) is 87.0 Å². The van der Waals surface area contributed by atoms with Gasteiger partial charge in [0.1, 0.15) is 37.7 Å². The predicted octanol–water partition coefficient (Wildman–Crippen LogP) is 12.5. The van der Waals surface area contributed by atoms with Crippen molar-refractivity contribution in [3.8, 4) is 11.5 Å². The van der Waals surface area contributed by atoms with Crippen LogP contribution in [0, 0.1) is 12.5 Å². The number of benzene rings is 3. The van der Waals surface area contributed by atoms with Gasteiger partial charge < -0.3 is 43.5 Å². The SMILES string of the molecule is [B][C@@H]1O[C@H](COC(c2ccccc2)(c2ccc(OC)cc2)c2ccc(OC)cc2)C(OP(OCC[N+]#[C-])N(C(C)C)C(C)C)[C@@H]1CCCNC(=S)NCCCCCCCCCCCCCCC. The zero-order chi connectivity index (χ0) is 48.3. The van der Waals surface area contributed by atoms with Crippen LogP contribution in [0.5, 0.6) is 11.5 Å². The van der Waals surface area contributed by atoms with Gasteiger partial charge in [0.15, 0.2) is 5.11 Å². The van der Waals surface area contributed by atoms with Crippen molar-refractivity contribution >= 4 is 33.7 Å². The molecule has 4 rings (SSSR count). The number of nitrogens with zero attached hydrogens (tertiary/aromatic N) is 2. The molecule has 0 aromatic heterocycles. The molecular formula is C54H82BN4O6PS. The number of methoxy groups -OCH3 is 2. The van der Waals surface area contributed by atoms with Crippen LogP contribution in [0.15, 0.2) is 78.9 Å². The number of ether oxygens (including phenoxy) is 4. The molecule has 0 saturated carbocycles. The quantitative estimate of drug-likeness (QED) is 0.0151. The van der Waals surface area contributed by atoms with Crippen LogP contribution in [0.1, 0.15) is 148 Å². The average Bonchev–Trinajstić information content (AvgIpc) is 3.63. The highest BCUT2D eigenvalue weighted by atomic mass is 32.1. The molecule has 2 radical (unpaired) electrons. The van der Waals surface area contributed by atoms with Gasteiger partial charge in [0.05, 0.1) is 26.9 Å². The molecule has 1 aliphatic heterocycles. The lowest BCUT2D eigenvalue weighted by Crippen LogP contribution is -2.41. The molecule has 3 aromatic carbocycles. The fraction of sp³-hybridized carbons (Fsp3) is 0.630. The smallest absolute Gasteiger partial charge is 0.259 e. The molecule has 2 unspecified atom stereocenters. The van der Waals surface area contributed by atoms with Crippen LogP contribution in [-0.2, 0) is 24.1 Å². The van der Waals surface area contributed by atoms with Crippen molar-refractivity contribution in [3.63, 3.8) is 0 Å². The van der Waals surface area contributed by atoms with Gasteiger partial charge in [-0.1, -0.05) is 139 Å². The summed E-state index contributed by atoms with van der Waals surface area (Å²) in [6.45, 7) is 20.5. The fourth-order valence-electron chi connectivity index (χ4n) is 9.07. The Morgan fingerprint density at radius 2 is 1.24 bits per heavy atom. The Labute approximate surface area is 413 Å². The summed E-state index contributed by atoms with van der Waals surface area (Å²) in [5.74, 6) is 1.31. The van der Waals surface area contributed by atoms with E-state index < -0.39 is 32.3 Å². The molecule has 0 spiro atoms. The maximum Gasteiger partial charge on any atom is 0.259 e. The van der Waals surface area contributed by atoms with Crippen LogP contribution < -0.4 is 20.1 Å². The van der Waals surface area contributed by atoms with Gasteiger partial charge in [-0.3, -0.25) is 0 Å². The monoisotopic (exact) mass is 957 g/mol. The van der Waals surface area contributed by atoms with E-state index in [1.165, 1.54) is 77.0 Å². The molecule has 1 fully saturated rings. The molecule has 0 bridgehead atoms. The molecule has 1 aliphatic rings. The number of thiocarbonyl (C=S) groups is 1. The first-order valence-corrected chi connectivity index (χ1v) is 26.8. The third-order valence-electron chi connectivity index (χ3n) is 12.6. The summed E-state index contributed by atoms with van der Waals surface area (Å²) < 4.78 is 41.2. The largest absolute Gasteiger partial charge is 0.497 e. The van der Waals surface area contributed by atoms with E-state index in [1.54, 1.807) is 14.2 Å². The van der Waals surface area contributed by atoms with Gasteiger partial charge in [-0.2, -0.15) is 0 Å². The van der Waals surface area contributed by atoms with Crippen LogP contribution in [0.25, 0.3) is 4.85 Å². The maximum absolute atomic E-state index is 7.46. The van der Waals surface area contributed by atoms with Crippen molar-refractivity contribution in [2.75, 3.05) is 47.1 Å². The third kappa shape index (κ3) is 18.2. The highest BCUT2D eigenvalue weighted by Crippen LogP contribution is 2.51. The molecular weight excluding hydrogens is 874 g/mol. The molecule has 368 valence electrons. The van der Waals surface area contributed by atoms with E-state index >= 15 is 0 Å². The van der Waals surface area contributed by atoms with Gasteiger partial charge >= 0.3 is 0 Å². The zero-order valence-corrected chi connectivity index (χ0v) is 43.6. The summed E-state index contributed by atoms with van der Waals surface area (Å²) >= 11 is 5.70. The molecule has 10 nitrogen and oxygen atoms in total. The van der Waals surface area contributed by atoms with E-state index in [9.17, 15) is 0 Å². The number of hydrogen-bond acceptors (Lipinski definition) is 8. The Bertz CT molecular complexity index is 1770.